The Labute approximate surface area is 250 Å². The Morgan fingerprint density at radius 2 is 1.78 bits per heavy atom. The molecule has 0 saturated carbocycles. The molecule has 9 heteroatoms. The number of carbonyl (C=O) groups is 1. The van der Waals surface area contributed by atoms with Crippen LogP contribution in [0.5, 0.6) is 5.75 Å². The minimum absolute atomic E-state index is 0.147. The van der Waals surface area contributed by atoms with E-state index in [2.05, 4.69) is 28.1 Å². The van der Waals surface area contributed by atoms with Crippen LogP contribution in [-0.4, -0.2) is 38.6 Å². The second-order valence-electron chi connectivity index (χ2n) is 9.79. The molecule has 0 fully saturated rings. The molecule has 0 spiro atoms. The van der Waals surface area contributed by atoms with Crippen molar-refractivity contribution in [1.29, 1.82) is 0 Å². The number of imidazole rings is 1. The van der Waals surface area contributed by atoms with Crippen molar-refractivity contribution in [3.05, 3.63) is 133 Å². The van der Waals surface area contributed by atoms with E-state index in [0.717, 1.165) is 21.3 Å². The molecule has 2 aromatic heterocycles. The van der Waals surface area contributed by atoms with Crippen molar-refractivity contribution in [3.63, 3.8) is 0 Å². The van der Waals surface area contributed by atoms with E-state index in [0.29, 0.717) is 52.9 Å². The second-order valence-corrected chi connectivity index (χ2v) is 11.1. The molecule has 0 N–H and O–H groups in total. The molecule has 206 valence electrons. The van der Waals surface area contributed by atoms with Crippen LogP contribution >= 0.6 is 27.5 Å². The highest BCUT2D eigenvalue weighted by Crippen LogP contribution is 2.32. The molecule has 1 aliphatic heterocycles. The maximum absolute atomic E-state index is 14.0. The zero-order valence-corrected chi connectivity index (χ0v) is 24.6. The lowest BCUT2D eigenvalue weighted by Crippen LogP contribution is -2.40. The number of amides is 1. The van der Waals surface area contributed by atoms with Crippen LogP contribution < -0.4 is 10.4 Å². The van der Waals surface area contributed by atoms with Crippen molar-refractivity contribution in [2.45, 2.75) is 19.5 Å². The fourth-order valence-electron chi connectivity index (χ4n) is 5.27. The molecule has 3 heterocycles. The molecule has 7 nitrogen and oxygen atoms in total. The van der Waals surface area contributed by atoms with Crippen LogP contribution in [0.4, 0.5) is 0 Å². The van der Waals surface area contributed by atoms with Gasteiger partial charge in [-0.2, -0.15) is 0 Å². The molecule has 6 rings (SSSR count). The van der Waals surface area contributed by atoms with Gasteiger partial charge in [0.15, 0.2) is 0 Å². The lowest BCUT2D eigenvalue weighted by molar-refractivity contribution is 0.0710. The van der Waals surface area contributed by atoms with Gasteiger partial charge in [0.05, 0.1) is 41.4 Å². The quantitative estimate of drug-likeness (QED) is 0.219. The van der Waals surface area contributed by atoms with Crippen LogP contribution in [0.15, 0.2) is 100 Å². The number of pyridine rings is 1. The third-order valence-corrected chi connectivity index (χ3v) is 8.55. The number of nitrogens with zero attached hydrogens (tertiary/aromatic N) is 4. The lowest BCUT2D eigenvalue weighted by atomic mass is 10.0. The topological polar surface area (TPSA) is 69.4 Å². The third-order valence-electron chi connectivity index (χ3n) is 7.32. The van der Waals surface area contributed by atoms with E-state index < -0.39 is 0 Å². The first-order valence-electron chi connectivity index (χ1n) is 13.2. The first kappa shape index (κ1) is 27.1. The molecule has 0 aliphatic carbocycles. The van der Waals surface area contributed by atoms with Crippen LogP contribution in [0, 0.1) is 0 Å². The summed E-state index contributed by atoms with van der Waals surface area (Å²) in [5, 5.41) is 0.468. The summed E-state index contributed by atoms with van der Waals surface area (Å²) in [5.41, 5.74) is 5.26. The molecule has 5 aromatic rings. The van der Waals surface area contributed by atoms with Crippen molar-refractivity contribution in [2.75, 3.05) is 13.7 Å². The van der Waals surface area contributed by atoms with Crippen molar-refractivity contribution in [1.82, 2.24) is 19.0 Å². The van der Waals surface area contributed by atoms with E-state index in [9.17, 15) is 9.59 Å². The predicted molar refractivity (Wildman–Crippen MR) is 163 cm³/mol. The number of halogens is 2. The van der Waals surface area contributed by atoms with Gasteiger partial charge < -0.3 is 9.64 Å². The summed E-state index contributed by atoms with van der Waals surface area (Å²) in [6, 6.07) is 26.7. The van der Waals surface area contributed by atoms with E-state index in [4.69, 9.17) is 21.3 Å². The molecule has 0 bridgehead atoms. The fraction of sp³-hybridized carbons (Fsp3) is 0.156. The summed E-state index contributed by atoms with van der Waals surface area (Å²) in [7, 11) is 1.61. The van der Waals surface area contributed by atoms with E-state index in [-0.39, 0.29) is 18.1 Å². The summed E-state index contributed by atoms with van der Waals surface area (Å²) in [5.74, 6) is 0.548. The van der Waals surface area contributed by atoms with Crippen LogP contribution in [0.25, 0.3) is 17.1 Å². The van der Waals surface area contributed by atoms with Gasteiger partial charge in [-0.15, -0.1) is 0 Å². The molecule has 0 radical (unpaired) electrons. The number of ether oxygens (including phenoxy) is 1. The summed E-state index contributed by atoms with van der Waals surface area (Å²) >= 11 is 9.69. The van der Waals surface area contributed by atoms with Gasteiger partial charge in [-0.05, 0) is 82.0 Å². The molecule has 0 atom stereocenters. The van der Waals surface area contributed by atoms with E-state index in [1.54, 1.807) is 45.5 Å². The highest BCUT2D eigenvalue weighted by atomic mass is 79.9. The maximum atomic E-state index is 14.0. The van der Waals surface area contributed by atoms with Crippen molar-refractivity contribution >= 4 is 33.4 Å². The molecule has 41 heavy (non-hydrogen) atoms. The number of fused-ring (bicyclic) bond motifs is 1. The van der Waals surface area contributed by atoms with Crippen LogP contribution in [-0.2, 0) is 19.5 Å². The fourth-order valence-corrected chi connectivity index (χ4v) is 5.70. The van der Waals surface area contributed by atoms with Gasteiger partial charge >= 0.3 is 5.69 Å². The van der Waals surface area contributed by atoms with E-state index in [1.165, 1.54) is 0 Å². The van der Waals surface area contributed by atoms with Gasteiger partial charge in [0.2, 0.25) is 0 Å². The monoisotopic (exact) mass is 628 g/mol. The summed E-state index contributed by atoms with van der Waals surface area (Å²) in [6.07, 6.45) is 2.39. The number of hydrogen-bond acceptors (Lipinski definition) is 4. The zero-order valence-electron chi connectivity index (χ0n) is 22.3. The maximum Gasteiger partial charge on any atom is 0.333 e. The summed E-state index contributed by atoms with van der Waals surface area (Å²) in [4.78, 5) is 34.2. The average molecular weight is 630 g/mol. The minimum atomic E-state index is -0.171. The Kier molecular flexibility index (Phi) is 7.51. The molecule has 3 aromatic carbocycles. The number of aromatic nitrogens is 3. The molecular weight excluding hydrogens is 604 g/mol. The highest BCUT2D eigenvalue weighted by molar-refractivity contribution is 9.10. The number of hydrogen-bond donors (Lipinski definition) is 0. The lowest BCUT2D eigenvalue weighted by Gasteiger charge is -2.28. The van der Waals surface area contributed by atoms with Crippen molar-refractivity contribution in [2.24, 2.45) is 0 Å². The Balaban J connectivity index is 1.50. The number of carbonyl (C=O) groups excluding carboxylic acids is 1. The normalized spacial score (nSPS) is 12.7. The molecule has 1 amide bonds. The number of rotatable bonds is 6. The van der Waals surface area contributed by atoms with Crippen LogP contribution in [0.1, 0.15) is 27.2 Å². The van der Waals surface area contributed by atoms with Crippen molar-refractivity contribution < 1.29 is 9.53 Å². The Hall–Kier alpha value is -4.14. The molecule has 0 unspecified atom stereocenters. The largest absolute Gasteiger partial charge is 0.497 e. The zero-order chi connectivity index (χ0) is 28.5. The van der Waals surface area contributed by atoms with Gasteiger partial charge in [-0.3, -0.25) is 18.9 Å². The van der Waals surface area contributed by atoms with Gasteiger partial charge in [0.25, 0.3) is 5.91 Å². The van der Waals surface area contributed by atoms with Gasteiger partial charge in [-0.25, -0.2) is 4.79 Å². The van der Waals surface area contributed by atoms with Gasteiger partial charge in [-0.1, -0.05) is 48.0 Å². The van der Waals surface area contributed by atoms with E-state index in [1.807, 2.05) is 54.6 Å². The molecular formula is C32H26BrClN4O3. The standard InChI is InChI=1S/C32H26BrClN4O3/c1-41-25-12-10-24(11-13-25)38-30(29-22(8-5-15-35-29)18-21-6-3-2-4-7-21)28-20-36(16-17-37(28)32(38)40)31(39)23-9-14-26(33)27(34)19-23/h2-15,19H,16-18,20H2,1H3. The molecule has 1 aliphatic rings. The van der Waals surface area contributed by atoms with Gasteiger partial charge in [0, 0.05) is 29.3 Å². The SMILES string of the molecule is COc1ccc(-n2c(-c3ncccc3Cc3ccccc3)c3n(c2=O)CCN(C(=O)c2ccc(Br)c(Cl)c2)C3)cc1. The van der Waals surface area contributed by atoms with E-state index >= 15 is 0 Å². The smallest absolute Gasteiger partial charge is 0.333 e. The van der Waals surface area contributed by atoms with Crippen molar-refractivity contribution in [3.8, 4) is 22.8 Å². The first-order valence-corrected chi connectivity index (χ1v) is 14.3. The Morgan fingerprint density at radius 1 is 1.00 bits per heavy atom. The minimum Gasteiger partial charge on any atom is -0.497 e. The highest BCUT2D eigenvalue weighted by Gasteiger charge is 2.31. The summed E-state index contributed by atoms with van der Waals surface area (Å²) in [6.45, 7) is 1.01. The number of methoxy groups -OCH3 is 1. The van der Waals surface area contributed by atoms with Gasteiger partial charge in [0.1, 0.15) is 5.75 Å². The Bertz CT molecular complexity index is 1800. The van der Waals surface area contributed by atoms with Crippen LogP contribution in [0.3, 0.4) is 0 Å². The third kappa shape index (κ3) is 5.21. The Morgan fingerprint density at radius 3 is 2.51 bits per heavy atom. The summed E-state index contributed by atoms with van der Waals surface area (Å²) < 4.78 is 9.55. The predicted octanol–water partition coefficient (Wildman–Crippen LogP) is 6.37. The first-order chi connectivity index (χ1) is 19.9. The number of benzene rings is 3. The van der Waals surface area contributed by atoms with Crippen LogP contribution in [0.2, 0.25) is 5.02 Å². The average Bonchev–Trinajstić information content (AvgIpc) is 3.30. The molecule has 0 saturated heterocycles. The second kappa shape index (κ2) is 11.4.